The number of hydrogen-bond acceptors (Lipinski definition) is 3. The number of nitrogens with zero attached hydrogens (tertiary/aromatic N) is 1. The summed E-state index contributed by atoms with van der Waals surface area (Å²) in [6, 6.07) is 26.1. The van der Waals surface area contributed by atoms with Crippen LogP contribution in [-0.4, -0.2) is 23.8 Å². The van der Waals surface area contributed by atoms with Crippen molar-refractivity contribution in [2.45, 2.75) is 38.9 Å². The van der Waals surface area contributed by atoms with Crippen molar-refractivity contribution < 1.29 is 14.3 Å². The molecule has 2 amide bonds. The number of benzene rings is 3. The smallest absolute Gasteiger partial charge is 0.247 e. The van der Waals surface area contributed by atoms with Crippen LogP contribution in [0.2, 0.25) is 0 Å². The van der Waals surface area contributed by atoms with Gasteiger partial charge in [-0.25, -0.2) is 0 Å². The summed E-state index contributed by atoms with van der Waals surface area (Å²) in [7, 11) is 1.62. The second kappa shape index (κ2) is 11.7. The summed E-state index contributed by atoms with van der Waals surface area (Å²) in [6.07, 6.45) is 1.11. The Kier molecular flexibility index (Phi) is 8.44. The summed E-state index contributed by atoms with van der Waals surface area (Å²) in [5.41, 5.74) is 2.74. The van der Waals surface area contributed by atoms with Gasteiger partial charge in [-0.15, -0.1) is 0 Å². The molecule has 3 aromatic carbocycles. The lowest BCUT2D eigenvalue weighted by molar-refractivity contribution is -0.141. The fourth-order valence-corrected chi connectivity index (χ4v) is 3.60. The fourth-order valence-electron chi connectivity index (χ4n) is 3.60. The molecule has 1 N–H and O–H groups in total. The number of amides is 2. The predicted octanol–water partition coefficient (Wildman–Crippen LogP) is 4.88. The zero-order chi connectivity index (χ0) is 22.8. The van der Waals surface area contributed by atoms with Crippen LogP contribution in [-0.2, 0) is 22.7 Å². The van der Waals surface area contributed by atoms with E-state index in [0.717, 1.165) is 28.9 Å². The maximum absolute atomic E-state index is 13.5. The third-order valence-electron chi connectivity index (χ3n) is 5.28. The highest BCUT2D eigenvalue weighted by Crippen LogP contribution is 2.25. The first kappa shape index (κ1) is 23.1. The fraction of sp³-hybridized carbons (Fsp3) is 0.259. The highest BCUT2D eigenvalue weighted by molar-refractivity contribution is 5.88. The van der Waals surface area contributed by atoms with Crippen LogP contribution in [0.15, 0.2) is 84.9 Å². The quantitative estimate of drug-likeness (QED) is 0.499. The molecule has 3 rings (SSSR count). The molecule has 0 aliphatic rings. The van der Waals surface area contributed by atoms with Gasteiger partial charge in [0.05, 0.1) is 7.11 Å². The minimum absolute atomic E-state index is 0.0372. The van der Waals surface area contributed by atoms with Crippen LogP contribution in [0.25, 0.3) is 0 Å². The molecule has 5 heteroatoms. The van der Waals surface area contributed by atoms with Gasteiger partial charge in [-0.2, -0.15) is 0 Å². The Morgan fingerprint density at radius 2 is 1.50 bits per heavy atom. The number of hydrogen-bond donors (Lipinski definition) is 1. The van der Waals surface area contributed by atoms with Gasteiger partial charge >= 0.3 is 0 Å². The Bertz CT molecular complexity index is 988. The highest BCUT2D eigenvalue weighted by atomic mass is 16.5. The maximum Gasteiger partial charge on any atom is 0.247 e. The third-order valence-corrected chi connectivity index (χ3v) is 5.28. The summed E-state index contributed by atoms with van der Waals surface area (Å²) in [5.74, 6) is 0.527. The van der Waals surface area contributed by atoms with E-state index in [9.17, 15) is 9.59 Å². The standard InChI is InChI=1S/C27H30N2O3/c1-3-10-25(30)29(20-22-11-6-4-7-12-22)26(23-13-8-5-9-14-23)27(31)28-19-21-15-17-24(32-2)18-16-21/h4-9,11-18,26H,3,10,19-20H2,1-2H3,(H,28,31)/t26-/m1/s1. The van der Waals surface area contributed by atoms with Crippen LogP contribution in [0.4, 0.5) is 0 Å². The van der Waals surface area contributed by atoms with E-state index in [1.54, 1.807) is 12.0 Å². The topological polar surface area (TPSA) is 58.6 Å². The average molecular weight is 431 g/mol. The normalized spacial score (nSPS) is 11.4. The van der Waals surface area contributed by atoms with Crippen molar-refractivity contribution in [3.63, 3.8) is 0 Å². The van der Waals surface area contributed by atoms with E-state index >= 15 is 0 Å². The molecule has 0 fully saturated rings. The largest absolute Gasteiger partial charge is 0.497 e. The first-order valence-electron chi connectivity index (χ1n) is 10.9. The summed E-state index contributed by atoms with van der Waals surface area (Å²) in [6.45, 7) is 2.71. The van der Waals surface area contributed by atoms with Gasteiger partial charge in [0.2, 0.25) is 11.8 Å². The first-order valence-corrected chi connectivity index (χ1v) is 10.9. The molecule has 5 nitrogen and oxygen atoms in total. The Morgan fingerprint density at radius 1 is 0.875 bits per heavy atom. The minimum atomic E-state index is -0.714. The molecule has 0 radical (unpaired) electrons. The van der Waals surface area contributed by atoms with E-state index in [2.05, 4.69) is 5.32 Å². The molecule has 0 heterocycles. The Morgan fingerprint density at radius 3 is 2.09 bits per heavy atom. The molecule has 1 atom stereocenters. The number of rotatable bonds is 10. The van der Waals surface area contributed by atoms with Crippen LogP contribution in [0.1, 0.15) is 42.5 Å². The molecule has 0 aliphatic heterocycles. The molecular weight excluding hydrogens is 400 g/mol. The van der Waals surface area contributed by atoms with Crippen molar-refractivity contribution in [1.82, 2.24) is 10.2 Å². The Balaban J connectivity index is 1.87. The molecular formula is C27H30N2O3. The van der Waals surface area contributed by atoms with Crippen molar-refractivity contribution in [2.75, 3.05) is 7.11 Å². The molecule has 166 valence electrons. The average Bonchev–Trinajstić information content (AvgIpc) is 2.84. The van der Waals surface area contributed by atoms with Gasteiger partial charge in [-0.1, -0.05) is 79.7 Å². The lowest BCUT2D eigenvalue weighted by Gasteiger charge is -2.31. The monoisotopic (exact) mass is 430 g/mol. The number of ether oxygens (including phenoxy) is 1. The van der Waals surface area contributed by atoms with Crippen molar-refractivity contribution >= 4 is 11.8 Å². The molecule has 0 bridgehead atoms. The minimum Gasteiger partial charge on any atom is -0.497 e. The van der Waals surface area contributed by atoms with Crippen LogP contribution in [0, 0.1) is 0 Å². The van der Waals surface area contributed by atoms with E-state index in [4.69, 9.17) is 4.74 Å². The van der Waals surface area contributed by atoms with Crippen LogP contribution < -0.4 is 10.1 Å². The van der Waals surface area contributed by atoms with Crippen LogP contribution in [0.5, 0.6) is 5.75 Å². The number of nitrogens with one attached hydrogen (secondary N) is 1. The van der Waals surface area contributed by atoms with E-state index in [1.165, 1.54) is 0 Å². The molecule has 0 aliphatic carbocycles. The molecule has 0 saturated carbocycles. The molecule has 32 heavy (non-hydrogen) atoms. The SMILES string of the molecule is CCCC(=O)N(Cc1ccccc1)[C@@H](C(=O)NCc1ccc(OC)cc1)c1ccccc1. The van der Waals surface area contributed by atoms with Gasteiger partial charge in [-0.05, 0) is 35.2 Å². The third kappa shape index (κ3) is 6.20. The van der Waals surface area contributed by atoms with Gasteiger partial charge < -0.3 is 15.0 Å². The number of carbonyl (C=O) groups is 2. The first-order chi connectivity index (χ1) is 15.6. The van der Waals surface area contributed by atoms with E-state index < -0.39 is 6.04 Å². The Labute approximate surface area is 190 Å². The predicted molar refractivity (Wildman–Crippen MR) is 126 cm³/mol. The van der Waals surface area contributed by atoms with Gasteiger partial charge in [-0.3, -0.25) is 9.59 Å². The van der Waals surface area contributed by atoms with Gasteiger partial charge in [0.25, 0.3) is 0 Å². The van der Waals surface area contributed by atoms with E-state index in [1.807, 2.05) is 91.9 Å². The van der Waals surface area contributed by atoms with Crippen LogP contribution in [0.3, 0.4) is 0 Å². The second-order valence-electron chi connectivity index (χ2n) is 7.64. The second-order valence-corrected chi connectivity index (χ2v) is 7.64. The van der Waals surface area contributed by atoms with Crippen molar-refractivity contribution in [3.8, 4) is 5.75 Å². The zero-order valence-electron chi connectivity index (χ0n) is 18.7. The molecule has 0 unspecified atom stereocenters. The van der Waals surface area contributed by atoms with Gasteiger partial charge in [0.15, 0.2) is 0 Å². The zero-order valence-corrected chi connectivity index (χ0v) is 18.7. The van der Waals surface area contributed by atoms with Gasteiger partial charge in [0.1, 0.15) is 11.8 Å². The summed E-state index contributed by atoms with van der Waals surface area (Å²) in [4.78, 5) is 28.3. The molecule has 0 aromatic heterocycles. The van der Waals surface area contributed by atoms with Gasteiger partial charge in [0, 0.05) is 19.5 Å². The number of methoxy groups -OCH3 is 1. The molecule has 3 aromatic rings. The van der Waals surface area contributed by atoms with Crippen LogP contribution >= 0.6 is 0 Å². The molecule has 0 spiro atoms. The van der Waals surface area contributed by atoms with Crippen molar-refractivity contribution in [1.29, 1.82) is 0 Å². The summed E-state index contributed by atoms with van der Waals surface area (Å²) < 4.78 is 5.20. The van der Waals surface area contributed by atoms with E-state index in [0.29, 0.717) is 19.5 Å². The highest BCUT2D eigenvalue weighted by Gasteiger charge is 2.31. The molecule has 0 saturated heterocycles. The maximum atomic E-state index is 13.5. The Hall–Kier alpha value is -3.60. The lowest BCUT2D eigenvalue weighted by Crippen LogP contribution is -2.43. The number of carbonyl (C=O) groups excluding carboxylic acids is 2. The summed E-state index contributed by atoms with van der Waals surface area (Å²) >= 11 is 0. The summed E-state index contributed by atoms with van der Waals surface area (Å²) in [5, 5.41) is 3.02. The van der Waals surface area contributed by atoms with Crippen molar-refractivity contribution in [2.24, 2.45) is 0 Å². The van der Waals surface area contributed by atoms with E-state index in [-0.39, 0.29) is 11.8 Å². The van der Waals surface area contributed by atoms with Crippen molar-refractivity contribution in [3.05, 3.63) is 102 Å². The lowest BCUT2D eigenvalue weighted by atomic mass is 10.0.